The Morgan fingerprint density at radius 3 is 1.84 bits per heavy atom. The lowest BCUT2D eigenvalue weighted by molar-refractivity contribution is -0.0435. The highest BCUT2D eigenvalue weighted by molar-refractivity contribution is 7.99. The molecule has 8 nitrogen and oxygen atoms in total. The molecule has 0 unspecified atom stereocenters. The number of anilines is 1. The quantitative estimate of drug-likeness (QED) is 0.104. The minimum absolute atomic E-state index is 0.203. The summed E-state index contributed by atoms with van der Waals surface area (Å²) in [5.74, 6) is 0.374. The molecular formula is C36H44F3N3O5S3Si. The van der Waals surface area contributed by atoms with E-state index < -0.39 is 49.5 Å². The molecule has 0 aliphatic carbocycles. The van der Waals surface area contributed by atoms with E-state index in [2.05, 4.69) is 55.3 Å². The van der Waals surface area contributed by atoms with Gasteiger partial charge in [0.15, 0.2) is 0 Å². The molecule has 0 radical (unpaired) electrons. The maximum absolute atomic E-state index is 13.8. The molecule has 276 valence electrons. The number of primary sulfonamides is 1. The van der Waals surface area contributed by atoms with Gasteiger partial charge in [0.25, 0.3) is 18.2 Å². The van der Waals surface area contributed by atoms with Gasteiger partial charge in [0.1, 0.15) is 4.90 Å². The Bertz CT molecular complexity index is 1910. The number of benzene rings is 4. The molecule has 15 heteroatoms. The fourth-order valence-corrected chi connectivity index (χ4v) is 13.0. The van der Waals surface area contributed by atoms with Crippen LogP contribution in [-0.4, -0.2) is 74.1 Å². The van der Waals surface area contributed by atoms with Crippen molar-refractivity contribution in [2.45, 2.75) is 58.5 Å². The van der Waals surface area contributed by atoms with Crippen molar-refractivity contribution in [3.05, 3.63) is 109 Å². The van der Waals surface area contributed by atoms with Crippen molar-refractivity contribution in [1.82, 2.24) is 4.90 Å². The summed E-state index contributed by atoms with van der Waals surface area (Å²) < 4.78 is 97.5. The second-order valence-corrected chi connectivity index (χ2v) is 22.1. The summed E-state index contributed by atoms with van der Waals surface area (Å²) >= 11 is 1.46. The Morgan fingerprint density at radius 2 is 1.35 bits per heavy atom. The van der Waals surface area contributed by atoms with Crippen LogP contribution in [0, 0.1) is 0 Å². The van der Waals surface area contributed by atoms with Crippen LogP contribution in [0.3, 0.4) is 0 Å². The average molecular weight is 780 g/mol. The normalized spacial score (nSPS) is 13.7. The van der Waals surface area contributed by atoms with Gasteiger partial charge in [-0.25, -0.2) is 22.0 Å². The molecule has 4 rings (SSSR count). The van der Waals surface area contributed by atoms with Crippen LogP contribution >= 0.6 is 11.8 Å². The fraction of sp³-hybridized carbons (Fsp3) is 0.333. The summed E-state index contributed by atoms with van der Waals surface area (Å²) in [6.07, 6.45) is 0.415. The lowest BCUT2D eigenvalue weighted by Crippen LogP contribution is -2.67. The number of nitrogens with one attached hydrogen (secondary N) is 1. The van der Waals surface area contributed by atoms with E-state index >= 15 is 0 Å². The zero-order chi connectivity index (χ0) is 37.5. The van der Waals surface area contributed by atoms with Crippen LogP contribution in [0.5, 0.6) is 0 Å². The zero-order valence-corrected chi connectivity index (χ0v) is 32.4. The number of nitrogens with zero attached hydrogens (tertiary/aromatic N) is 1. The fourth-order valence-electron chi connectivity index (χ4n) is 5.88. The molecule has 0 saturated carbocycles. The summed E-state index contributed by atoms with van der Waals surface area (Å²) in [7, 11) is -11.3. The summed E-state index contributed by atoms with van der Waals surface area (Å²) in [5, 5.41) is 10.2. The third-order valence-electron chi connectivity index (χ3n) is 8.50. The molecule has 0 amide bonds. The third-order valence-corrected chi connectivity index (χ3v) is 17.2. The summed E-state index contributed by atoms with van der Waals surface area (Å²) in [6, 6.07) is 31.9. The molecule has 3 N–H and O–H groups in total. The topological polar surface area (TPSA) is 119 Å². The van der Waals surface area contributed by atoms with Gasteiger partial charge in [0.2, 0.25) is 10.0 Å². The Kier molecular flexibility index (Phi) is 13.3. The van der Waals surface area contributed by atoms with Gasteiger partial charge in [-0.3, -0.25) is 0 Å². The number of sulfone groups is 1. The number of halogens is 3. The van der Waals surface area contributed by atoms with E-state index in [9.17, 15) is 30.0 Å². The first-order valence-electron chi connectivity index (χ1n) is 16.2. The molecule has 4 aromatic rings. The number of alkyl halides is 3. The molecule has 0 aromatic heterocycles. The monoisotopic (exact) mass is 779 g/mol. The Morgan fingerprint density at radius 1 is 0.824 bits per heavy atom. The van der Waals surface area contributed by atoms with Gasteiger partial charge in [-0.05, 0) is 65.8 Å². The second-order valence-electron chi connectivity index (χ2n) is 13.2. The summed E-state index contributed by atoms with van der Waals surface area (Å²) in [6.45, 7) is 8.07. The number of hydrogen-bond donors (Lipinski definition) is 2. The highest BCUT2D eigenvalue weighted by Crippen LogP contribution is 2.38. The SMILES string of the molecule is CN(CCO[Si](c1ccccc1)(c1ccccc1)C(C)(C)C)CC[C@H](CSc1ccccc1)Nc1ccc(S(N)(=O)=O)cc1S(=O)(=O)C(F)(F)F. The number of likely N-dealkylation sites (N-methyl/N-ethyl adjacent to an activating group) is 1. The average Bonchev–Trinajstić information content (AvgIpc) is 3.07. The van der Waals surface area contributed by atoms with Gasteiger partial charge < -0.3 is 14.6 Å². The third kappa shape index (κ3) is 10.0. The Labute approximate surface area is 304 Å². The lowest BCUT2D eigenvalue weighted by atomic mass is 10.2. The van der Waals surface area contributed by atoms with Crippen molar-refractivity contribution in [2.75, 3.05) is 37.8 Å². The predicted molar refractivity (Wildman–Crippen MR) is 201 cm³/mol. The van der Waals surface area contributed by atoms with Crippen LogP contribution in [0.2, 0.25) is 5.04 Å². The Balaban J connectivity index is 1.56. The minimum atomic E-state index is -5.93. The lowest BCUT2D eigenvalue weighted by Gasteiger charge is -2.43. The van der Waals surface area contributed by atoms with Gasteiger partial charge in [-0.15, -0.1) is 11.8 Å². The molecule has 0 fully saturated rings. The van der Waals surface area contributed by atoms with Crippen molar-refractivity contribution in [3.8, 4) is 0 Å². The maximum atomic E-state index is 13.8. The summed E-state index contributed by atoms with van der Waals surface area (Å²) in [4.78, 5) is 1.04. The zero-order valence-electron chi connectivity index (χ0n) is 28.9. The van der Waals surface area contributed by atoms with E-state index in [1.54, 1.807) is 0 Å². The van der Waals surface area contributed by atoms with Gasteiger partial charge >= 0.3 is 5.51 Å². The molecule has 0 aliphatic rings. The molecule has 51 heavy (non-hydrogen) atoms. The highest BCUT2D eigenvalue weighted by atomic mass is 32.2. The van der Waals surface area contributed by atoms with E-state index in [0.717, 1.165) is 27.4 Å². The van der Waals surface area contributed by atoms with Gasteiger partial charge in [0.05, 0.1) is 10.6 Å². The number of hydrogen-bond acceptors (Lipinski definition) is 8. The van der Waals surface area contributed by atoms with Crippen molar-refractivity contribution >= 4 is 56.0 Å². The van der Waals surface area contributed by atoms with E-state index in [1.807, 2.05) is 73.8 Å². The van der Waals surface area contributed by atoms with E-state index in [0.29, 0.717) is 37.9 Å². The van der Waals surface area contributed by atoms with Crippen molar-refractivity contribution in [3.63, 3.8) is 0 Å². The van der Waals surface area contributed by atoms with Gasteiger partial charge in [-0.1, -0.05) is 99.6 Å². The van der Waals surface area contributed by atoms with Crippen LogP contribution < -0.4 is 20.8 Å². The molecular weight excluding hydrogens is 736 g/mol. The van der Waals surface area contributed by atoms with Gasteiger partial charge in [-0.2, -0.15) is 13.2 Å². The van der Waals surface area contributed by atoms with Crippen LogP contribution in [-0.2, 0) is 24.3 Å². The van der Waals surface area contributed by atoms with Crippen LogP contribution in [0.4, 0.5) is 18.9 Å². The standard InChI is InChI=1S/C36H44F3N3O5S3Si/c1-35(2,3)51(31-16-10-6-11-17-31,32-18-12-7-13-19-32)47-25-24-42(4)23-22-28(27-48-29-14-8-5-9-15-29)41-33-21-20-30(50(40,45)46)26-34(33)49(43,44)36(37,38)39/h5-21,26,28,41H,22-25,27H2,1-4H3,(H2,40,45,46)/t28-/m1/s1. The molecule has 0 bridgehead atoms. The molecule has 0 heterocycles. The van der Waals surface area contributed by atoms with E-state index in [4.69, 9.17) is 9.56 Å². The first-order chi connectivity index (χ1) is 23.9. The minimum Gasteiger partial charge on any atom is -0.406 e. The first kappa shape index (κ1) is 40.6. The number of thioether (sulfide) groups is 1. The number of sulfonamides is 1. The second kappa shape index (κ2) is 16.7. The van der Waals surface area contributed by atoms with Gasteiger partial charge in [0, 0.05) is 29.8 Å². The Hall–Kier alpha value is -3.18. The van der Waals surface area contributed by atoms with Crippen molar-refractivity contribution in [2.24, 2.45) is 5.14 Å². The highest BCUT2D eigenvalue weighted by Gasteiger charge is 2.50. The number of rotatable bonds is 16. The van der Waals surface area contributed by atoms with Crippen LogP contribution in [0.25, 0.3) is 0 Å². The first-order valence-corrected chi connectivity index (χ1v) is 22.1. The van der Waals surface area contributed by atoms with E-state index in [-0.39, 0.29) is 10.7 Å². The molecule has 0 spiro atoms. The smallest absolute Gasteiger partial charge is 0.406 e. The van der Waals surface area contributed by atoms with Crippen molar-refractivity contribution in [1.29, 1.82) is 0 Å². The largest absolute Gasteiger partial charge is 0.501 e. The van der Waals surface area contributed by atoms with Crippen molar-refractivity contribution < 1.29 is 34.4 Å². The van der Waals surface area contributed by atoms with Crippen LogP contribution in [0.1, 0.15) is 27.2 Å². The molecule has 0 aliphatic heterocycles. The van der Waals surface area contributed by atoms with Crippen LogP contribution in [0.15, 0.2) is 124 Å². The molecule has 4 aromatic carbocycles. The predicted octanol–water partition coefficient (Wildman–Crippen LogP) is 6.10. The van der Waals surface area contributed by atoms with E-state index in [1.165, 1.54) is 11.8 Å². The number of nitrogens with two attached hydrogens (primary N) is 1. The summed E-state index contributed by atoms with van der Waals surface area (Å²) in [5.41, 5.74) is -6.03. The molecule has 0 saturated heterocycles. The maximum Gasteiger partial charge on any atom is 0.501 e. The molecule has 1 atom stereocenters.